The molecular formula is C16H21N3O2S. The maximum absolute atomic E-state index is 11.9. The lowest BCUT2D eigenvalue weighted by atomic mass is 10.0. The van der Waals surface area contributed by atoms with Gasteiger partial charge in [0.2, 0.25) is 5.91 Å². The minimum Gasteiger partial charge on any atom is -0.302 e. The van der Waals surface area contributed by atoms with Gasteiger partial charge >= 0.3 is 0 Å². The molecule has 0 saturated heterocycles. The van der Waals surface area contributed by atoms with Crippen LogP contribution in [-0.2, 0) is 4.79 Å². The van der Waals surface area contributed by atoms with E-state index in [1.54, 1.807) is 12.1 Å². The van der Waals surface area contributed by atoms with Crippen LogP contribution in [-0.4, -0.2) is 16.9 Å². The molecule has 3 N–H and O–H groups in total. The number of hydrogen-bond acceptors (Lipinski definition) is 3. The smallest absolute Gasteiger partial charge is 0.269 e. The summed E-state index contributed by atoms with van der Waals surface area (Å²) in [5.74, 6) is 0.0614. The molecule has 1 saturated carbocycles. The highest BCUT2D eigenvalue weighted by Crippen LogP contribution is 2.27. The van der Waals surface area contributed by atoms with E-state index >= 15 is 0 Å². The van der Waals surface area contributed by atoms with Gasteiger partial charge in [-0.25, -0.2) is 0 Å². The molecule has 0 heterocycles. The summed E-state index contributed by atoms with van der Waals surface area (Å²) in [6, 6.07) is 7.18. The van der Waals surface area contributed by atoms with E-state index in [1.165, 1.54) is 12.8 Å². The number of amides is 2. The zero-order valence-electron chi connectivity index (χ0n) is 12.6. The average Bonchev–Trinajstić information content (AvgIpc) is 2.98. The first-order chi connectivity index (χ1) is 10.5. The Morgan fingerprint density at radius 1 is 1.14 bits per heavy atom. The fourth-order valence-electron chi connectivity index (χ4n) is 2.58. The average molecular weight is 319 g/mol. The number of hydrazine groups is 1. The lowest BCUT2D eigenvalue weighted by molar-refractivity contribution is -0.120. The van der Waals surface area contributed by atoms with Gasteiger partial charge in [0.15, 0.2) is 5.11 Å². The Morgan fingerprint density at radius 3 is 2.41 bits per heavy atom. The van der Waals surface area contributed by atoms with Crippen molar-refractivity contribution in [3.63, 3.8) is 0 Å². The van der Waals surface area contributed by atoms with E-state index < -0.39 is 0 Å². The molecule has 0 bridgehead atoms. The standard InChI is InChI=1S/C16H21N3O2S/c1-11-6-8-13(9-7-11)15(21)18-19-16(22)17-14(20)10-12-4-2-3-5-12/h6-9,12H,2-5,10H2,1H3,(H,18,21)(H2,17,19,20,22). The van der Waals surface area contributed by atoms with Gasteiger partial charge < -0.3 is 5.32 Å². The van der Waals surface area contributed by atoms with Crippen LogP contribution in [0.1, 0.15) is 48.0 Å². The van der Waals surface area contributed by atoms with Gasteiger partial charge in [0, 0.05) is 12.0 Å². The second-order valence-electron chi connectivity index (χ2n) is 5.68. The maximum atomic E-state index is 11.9. The Kier molecular flexibility index (Phi) is 5.89. The van der Waals surface area contributed by atoms with Crippen LogP contribution in [0.3, 0.4) is 0 Å². The van der Waals surface area contributed by atoms with Crippen molar-refractivity contribution >= 4 is 29.1 Å². The zero-order chi connectivity index (χ0) is 15.9. The van der Waals surface area contributed by atoms with E-state index in [-0.39, 0.29) is 16.9 Å². The summed E-state index contributed by atoms with van der Waals surface area (Å²) < 4.78 is 0. The van der Waals surface area contributed by atoms with E-state index in [4.69, 9.17) is 12.2 Å². The quantitative estimate of drug-likeness (QED) is 0.590. The van der Waals surface area contributed by atoms with Crippen molar-refractivity contribution in [1.29, 1.82) is 0 Å². The molecule has 1 fully saturated rings. The molecule has 2 amide bonds. The summed E-state index contributed by atoms with van der Waals surface area (Å²) in [5, 5.41) is 2.70. The maximum Gasteiger partial charge on any atom is 0.269 e. The molecule has 5 nitrogen and oxygen atoms in total. The van der Waals surface area contributed by atoms with Crippen molar-refractivity contribution in [2.24, 2.45) is 5.92 Å². The van der Waals surface area contributed by atoms with Crippen molar-refractivity contribution in [3.8, 4) is 0 Å². The number of benzene rings is 1. The molecular weight excluding hydrogens is 298 g/mol. The van der Waals surface area contributed by atoms with Crippen molar-refractivity contribution in [3.05, 3.63) is 35.4 Å². The fourth-order valence-corrected chi connectivity index (χ4v) is 2.74. The highest BCUT2D eigenvalue weighted by molar-refractivity contribution is 7.80. The number of carbonyl (C=O) groups is 2. The molecule has 1 aliphatic rings. The summed E-state index contributed by atoms with van der Waals surface area (Å²) in [4.78, 5) is 23.7. The fraction of sp³-hybridized carbons (Fsp3) is 0.438. The van der Waals surface area contributed by atoms with E-state index in [1.807, 2.05) is 19.1 Å². The second kappa shape index (κ2) is 7.89. The van der Waals surface area contributed by atoms with Crippen LogP contribution in [0.2, 0.25) is 0 Å². The molecule has 1 aromatic rings. The van der Waals surface area contributed by atoms with Crippen LogP contribution in [0, 0.1) is 12.8 Å². The van der Waals surface area contributed by atoms with Gasteiger partial charge in [-0.1, -0.05) is 30.5 Å². The van der Waals surface area contributed by atoms with E-state index in [9.17, 15) is 9.59 Å². The summed E-state index contributed by atoms with van der Waals surface area (Å²) in [5.41, 5.74) is 6.63. The molecule has 0 radical (unpaired) electrons. The molecule has 0 aromatic heterocycles. The van der Waals surface area contributed by atoms with Crippen molar-refractivity contribution in [1.82, 2.24) is 16.2 Å². The van der Waals surface area contributed by atoms with Crippen molar-refractivity contribution in [2.45, 2.75) is 39.0 Å². The van der Waals surface area contributed by atoms with Crippen LogP contribution < -0.4 is 16.2 Å². The third kappa shape index (κ3) is 5.11. The second-order valence-corrected chi connectivity index (χ2v) is 6.09. The van der Waals surface area contributed by atoms with Gasteiger partial charge in [0.05, 0.1) is 0 Å². The number of aryl methyl sites for hydroxylation is 1. The van der Waals surface area contributed by atoms with Gasteiger partial charge in [-0.05, 0) is 50.0 Å². The molecule has 6 heteroatoms. The lowest BCUT2D eigenvalue weighted by Crippen LogP contribution is -2.48. The monoisotopic (exact) mass is 319 g/mol. The molecule has 1 aliphatic carbocycles. The normalized spacial score (nSPS) is 14.4. The van der Waals surface area contributed by atoms with E-state index in [0.29, 0.717) is 17.9 Å². The van der Waals surface area contributed by atoms with E-state index in [0.717, 1.165) is 18.4 Å². The minimum absolute atomic E-state index is 0.103. The van der Waals surface area contributed by atoms with Crippen LogP contribution in [0.15, 0.2) is 24.3 Å². The Labute approximate surface area is 135 Å². The summed E-state index contributed by atoms with van der Waals surface area (Å²) in [6.45, 7) is 1.95. The highest BCUT2D eigenvalue weighted by Gasteiger charge is 2.18. The number of rotatable bonds is 3. The summed E-state index contributed by atoms with van der Waals surface area (Å²) in [7, 11) is 0. The summed E-state index contributed by atoms with van der Waals surface area (Å²) in [6.07, 6.45) is 5.11. The Morgan fingerprint density at radius 2 is 1.77 bits per heavy atom. The third-order valence-corrected chi connectivity index (χ3v) is 4.01. The molecule has 0 atom stereocenters. The van der Waals surface area contributed by atoms with Crippen molar-refractivity contribution < 1.29 is 9.59 Å². The first-order valence-electron chi connectivity index (χ1n) is 7.51. The summed E-state index contributed by atoms with van der Waals surface area (Å²) >= 11 is 5.00. The van der Waals surface area contributed by atoms with Gasteiger partial charge in [0.25, 0.3) is 5.91 Å². The lowest BCUT2D eigenvalue weighted by Gasteiger charge is -2.12. The third-order valence-electron chi connectivity index (χ3n) is 3.81. The van der Waals surface area contributed by atoms with Gasteiger partial charge in [-0.15, -0.1) is 0 Å². The molecule has 118 valence electrons. The molecule has 22 heavy (non-hydrogen) atoms. The van der Waals surface area contributed by atoms with Crippen LogP contribution in [0.25, 0.3) is 0 Å². The largest absolute Gasteiger partial charge is 0.302 e. The number of nitrogens with one attached hydrogen (secondary N) is 3. The van der Waals surface area contributed by atoms with Crippen LogP contribution >= 0.6 is 12.2 Å². The van der Waals surface area contributed by atoms with Crippen LogP contribution in [0.5, 0.6) is 0 Å². The highest BCUT2D eigenvalue weighted by atomic mass is 32.1. The van der Waals surface area contributed by atoms with Gasteiger partial charge in [0.1, 0.15) is 0 Å². The van der Waals surface area contributed by atoms with Crippen molar-refractivity contribution in [2.75, 3.05) is 0 Å². The predicted molar refractivity (Wildman–Crippen MR) is 89.1 cm³/mol. The number of carbonyl (C=O) groups excluding carboxylic acids is 2. The Bertz CT molecular complexity index is 551. The molecule has 0 aliphatic heterocycles. The first kappa shape index (κ1) is 16.4. The van der Waals surface area contributed by atoms with Crippen LogP contribution in [0.4, 0.5) is 0 Å². The van der Waals surface area contributed by atoms with Gasteiger partial charge in [-0.2, -0.15) is 0 Å². The van der Waals surface area contributed by atoms with Gasteiger partial charge in [-0.3, -0.25) is 20.4 Å². The number of thiocarbonyl (C=S) groups is 1. The zero-order valence-corrected chi connectivity index (χ0v) is 13.5. The SMILES string of the molecule is Cc1ccc(C(=O)NNC(=S)NC(=O)CC2CCCC2)cc1. The first-order valence-corrected chi connectivity index (χ1v) is 7.92. The molecule has 0 unspecified atom stereocenters. The Hall–Kier alpha value is -1.95. The number of hydrogen-bond donors (Lipinski definition) is 3. The Balaban J connectivity index is 1.71. The molecule has 2 rings (SSSR count). The van der Waals surface area contributed by atoms with E-state index in [2.05, 4.69) is 16.2 Å². The molecule has 1 aromatic carbocycles. The topological polar surface area (TPSA) is 70.2 Å². The minimum atomic E-state index is -0.299. The predicted octanol–water partition coefficient (Wildman–Crippen LogP) is 2.21. The molecule has 0 spiro atoms.